The molecule has 1 saturated carbocycles. The molecule has 15 heavy (non-hydrogen) atoms. The van der Waals surface area contributed by atoms with Gasteiger partial charge in [0.1, 0.15) is 0 Å². The maximum atomic E-state index is 9.21. The monoisotopic (exact) mass is 215 g/mol. The molecule has 1 fully saturated rings. The van der Waals surface area contributed by atoms with Crippen molar-refractivity contribution in [2.24, 2.45) is 11.1 Å². The standard InChI is InChI=1S/C12H25NO2/c1-11(2,13)12(7-8-14)6-4-5-10(9-12)15-3/h10,14H,4-9,13H2,1-3H3. The maximum Gasteiger partial charge on any atom is 0.0577 e. The van der Waals surface area contributed by atoms with E-state index in [1.165, 1.54) is 0 Å². The third-order valence-electron chi connectivity index (χ3n) is 4.09. The van der Waals surface area contributed by atoms with Crippen molar-refractivity contribution in [3.8, 4) is 0 Å². The lowest BCUT2D eigenvalue weighted by Crippen LogP contribution is -2.54. The molecule has 0 aromatic heterocycles. The summed E-state index contributed by atoms with van der Waals surface area (Å²) in [6, 6.07) is 0. The summed E-state index contributed by atoms with van der Waals surface area (Å²) in [4.78, 5) is 0. The summed E-state index contributed by atoms with van der Waals surface area (Å²) < 4.78 is 5.45. The van der Waals surface area contributed by atoms with Gasteiger partial charge in [-0.1, -0.05) is 6.42 Å². The van der Waals surface area contributed by atoms with Gasteiger partial charge in [0, 0.05) is 19.3 Å². The zero-order chi connectivity index (χ0) is 11.5. The van der Waals surface area contributed by atoms with Gasteiger partial charge in [-0.25, -0.2) is 0 Å². The largest absolute Gasteiger partial charge is 0.396 e. The van der Waals surface area contributed by atoms with E-state index in [0.717, 1.165) is 32.1 Å². The molecular formula is C12H25NO2. The molecule has 1 rings (SSSR count). The van der Waals surface area contributed by atoms with Gasteiger partial charge in [-0.15, -0.1) is 0 Å². The zero-order valence-corrected chi connectivity index (χ0v) is 10.3. The summed E-state index contributed by atoms with van der Waals surface area (Å²) in [6.07, 6.45) is 5.47. The highest BCUT2D eigenvalue weighted by molar-refractivity contribution is 5.00. The topological polar surface area (TPSA) is 55.5 Å². The van der Waals surface area contributed by atoms with Crippen molar-refractivity contribution in [3.63, 3.8) is 0 Å². The number of aliphatic hydroxyl groups excluding tert-OH is 1. The van der Waals surface area contributed by atoms with E-state index >= 15 is 0 Å². The number of aliphatic hydroxyl groups is 1. The second kappa shape index (κ2) is 4.81. The Bertz CT molecular complexity index is 196. The van der Waals surface area contributed by atoms with Crippen LogP contribution in [0.4, 0.5) is 0 Å². The lowest BCUT2D eigenvalue weighted by atomic mass is 9.61. The van der Waals surface area contributed by atoms with Crippen LogP contribution in [0.2, 0.25) is 0 Å². The SMILES string of the molecule is COC1CCCC(CCO)(C(C)(C)N)C1. The molecule has 0 amide bonds. The molecule has 0 heterocycles. The van der Waals surface area contributed by atoms with E-state index in [2.05, 4.69) is 13.8 Å². The molecule has 0 radical (unpaired) electrons. The zero-order valence-electron chi connectivity index (χ0n) is 10.3. The normalized spacial score (nSPS) is 33.0. The minimum atomic E-state index is -0.243. The van der Waals surface area contributed by atoms with Crippen LogP contribution in [0.5, 0.6) is 0 Å². The Morgan fingerprint density at radius 1 is 1.53 bits per heavy atom. The molecule has 0 saturated heterocycles. The van der Waals surface area contributed by atoms with E-state index < -0.39 is 0 Å². The number of nitrogens with two attached hydrogens (primary N) is 1. The van der Waals surface area contributed by atoms with Gasteiger partial charge in [0.15, 0.2) is 0 Å². The molecule has 2 atom stereocenters. The van der Waals surface area contributed by atoms with Gasteiger partial charge in [0.05, 0.1) is 6.10 Å². The fourth-order valence-electron chi connectivity index (χ4n) is 2.86. The van der Waals surface area contributed by atoms with Crippen molar-refractivity contribution in [2.45, 2.75) is 57.6 Å². The van der Waals surface area contributed by atoms with E-state index in [-0.39, 0.29) is 17.6 Å². The van der Waals surface area contributed by atoms with Gasteiger partial charge in [-0.05, 0) is 44.9 Å². The molecule has 0 bridgehead atoms. The molecular weight excluding hydrogens is 190 g/mol. The van der Waals surface area contributed by atoms with Crippen LogP contribution >= 0.6 is 0 Å². The first kappa shape index (κ1) is 12.9. The Hall–Kier alpha value is -0.120. The van der Waals surface area contributed by atoms with Crippen molar-refractivity contribution in [3.05, 3.63) is 0 Å². The molecule has 0 aromatic carbocycles. The van der Waals surface area contributed by atoms with Crippen LogP contribution < -0.4 is 5.73 Å². The summed E-state index contributed by atoms with van der Waals surface area (Å²) >= 11 is 0. The summed E-state index contributed by atoms with van der Waals surface area (Å²) in [5, 5.41) is 9.21. The van der Waals surface area contributed by atoms with Crippen LogP contribution in [0.1, 0.15) is 46.0 Å². The van der Waals surface area contributed by atoms with E-state index in [1.54, 1.807) is 7.11 Å². The Balaban J connectivity index is 2.80. The lowest BCUT2D eigenvalue weighted by molar-refractivity contribution is -0.0305. The molecule has 2 unspecified atom stereocenters. The van der Waals surface area contributed by atoms with Crippen LogP contribution in [-0.2, 0) is 4.74 Å². The minimum absolute atomic E-state index is 0.0423. The fourth-order valence-corrected chi connectivity index (χ4v) is 2.86. The molecule has 1 aliphatic rings. The van der Waals surface area contributed by atoms with Crippen LogP contribution in [0.3, 0.4) is 0 Å². The summed E-state index contributed by atoms with van der Waals surface area (Å²) in [7, 11) is 1.77. The molecule has 1 aliphatic carbocycles. The first-order chi connectivity index (χ1) is 6.95. The predicted molar refractivity (Wildman–Crippen MR) is 61.7 cm³/mol. The van der Waals surface area contributed by atoms with Crippen molar-refractivity contribution >= 4 is 0 Å². The fraction of sp³-hybridized carbons (Fsp3) is 1.00. The van der Waals surface area contributed by atoms with Crippen molar-refractivity contribution in [1.29, 1.82) is 0 Å². The molecule has 3 nitrogen and oxygen atoms in total. The molecule has 3 heteroatoms. The Kier molecular flexibility index (Phi) is 4.15. The van der Waals surface area contributed by atoms with Crippen LogP contribution in [-0.4, -0.2) is 30.5 Å². The molecule has 0 spiro atoms. The second-order valence-electron chi connectivity index (χ2n) is 5.43. The van der Waals surface area contributed by atoms with Gasteiger partial charge < -0.3 is 15.6 Å². The summed E-state index contributed by atoms with van der Waals surface area (Å²) in [6.45, 7) is 4.36. The van der Waals surface area contributed by atoms with Crippen LogP contribution in [0, 0.1) is 5.41 Å². The highest BCUT2D eigenvalue weighted by atomic mass is 16.5. The molecule has 0 aromatic rings. The van der Waals surface area contributed by atoms with Crippen molar-refractivity contribution in [1.82, 2.24) is 0 Å². The molecule has 90 valence electrons. The molecule has 0 aliphatic heterocycles. The highest BCUT2D eigenvalue weighted by Crippen LogP contribution is 2.46. The van der Waals surface area contributed by atoms with Gasteiger partial charge in [-0.2, -0.15) is 0 Å². The van der Waals surface area contributed by atoms with Gasteiger partial charge in [-0.3, -0.25) is 0 Å². The van der Waals surface area contributed by atoms with E-state index in [0.29, 0.717) is 6.10 Å². The quantitative estimate of drug-likeness (QED) is 0.750. The first-order valence-electron chi connectivity index (χ1n) is 5.88. The summed E-state index contributed by atoms with van der Waals surface area (Å²) in [5.41, 5.74) is 6.08. The Morgan fingerprint density at radius 2 is 2.20 bits per heavy atom. The minimum Gasteiger partial charge on any atom is -0.396 e. The predicted octanol–water partition coefficient (Wildman–Crippen LogP) is 1.68. The van der Waals surface area contributed by atoms with Crippen molar-refractivity contribution < 1.29 is 9.84 Å². The third-order valence-corrected chi connectivity index (χ3v) is 4.09. The van der Waals surface area contributed by atoms with Crippen molar-refractivity contribution in [2.75, 3.05) is 13.7 Å². The van der Waals surface area contributed by atoms with E-state index in [4.69, 9.17) is 10.5 Å². The highest BCUT2D eigenvalue weighted by Gasteiger charge is 2.45. The average Bonchev–Trinajstić information content (AvgIpc) is 2.17. The third kappa shape index (κ3) is 2.71. The van der Waals surface area contributed by atoms with E-state index in [1.807, 2.05) is 0 Å². The number of methoxy groups -OCH3 is 1. The number of hydrogen-bond acceptors (Lipinski definition) is 3. The van der Waals surface area contributed by atoms with Gasteiger partial charge in [0.25, 0.3) is 0 Å². The maximum absolute atomic E-state index is 9.21. The second-order valence-corrected chi connectivity index (χ2v) is 5.43. The van der Waals surface area contributed by atoms with Crippen LogP contribution in [0.15, 0.2) is 0 Å². The average molecular weight is 215 g/mol. The molecule has 3 N–H and O–H groups in total. The number of ether oxygens (including phenoxy) is 1. The summed E-state index contributed by atoms with van der Waals surface area (Å²) in [5.74, 6) is 0. The van der Waals surface area contributed by atoms with Crippen LogP contribution in [0.25, 0.3) is 0 Å². The number of hydrogen-bond donors (Lipinski definition) is 2. The lowest BCUT2D eigenvalue weighted by Gasteiger charge is -2.49. The Morgan fingerprint density at radius 3 is 2.67 bits per heavy atom. The number of rotatable bonds is 4. The van der Waals surface area contributed by atoms with Gasteiger partial charge >= 0.3 is 0 Å². The smallest absolute Gasteiger partial charge is 0.0577 e. The van der Waals surface area contributed by atoms with Gasteiger partial charge in [0.2, 0.25) is 0 Å². The van der Waals surface area contributed by atoms with E-state index in [9.17, 15) is 5.11 Å². The first-order valence-corrected chi connectivity index (χ1v) is 5.88. The Labute approximate surface area is 93.0 Å².